The van der Waals surface area contributed by atoms with Crippen LogP contribution in [0.25, 0.3) is 0 Å². The molecule has 1 fully saturated rings. The summed E-state index contributed by atoms with van der Waals surface area (Å²) in [5, 5.41) is 2.73. The summed E-state index contributed by atoms with van der Waals surface area (Å²) in [6, 6.07) is 10.8. The molecule has 3 rings (SSSR count). The van der Waals surface area contributed by atoms with E-state index in [9.17, 15) is 31.1 Å². The van der Waals surface area contributed by atoms with Crippen LogP contribution < -0.4 is 11.1 Å². The van der Waals surface area contributed by atoms with Crippen molar-refractivity contribution in [3.63, 3.8) is 0 Å². The lowest BCUT2D eigenvalue weighted by atomic mass is 9.68. The number of halogens is 6. The quantitative estimate of drug-likeness (QED) is 0.604. The molecule has 9 heteroatoms. The first kappa shape index (κ1) is 24.1. The fraction of sp³-hybridized carbons (Fsp3) is 0.435. The molecule has 1 amide bonds. The van der Waals surface area contributed by atoms with Gasteiger partial charge in [0.05, 0.1) is 17.5 Å². The van der Waals surface area contributed by atoms with Crippen LogP contribution in [0.1, 0.15) is 47.9 Å². The Labute approximate surface area is 182 Å². The number of rotatable bonds is 5. The van der Waals surface area contributed by atoms with Crippen LogP contribution in [-0.2, 0) is 29.0 Å². The van der Waals surface area contributed by atoms with E-state index in [1.54, 1.807) is 0 Å². The zero-order valence-corrected chi connectivity index (χ0v) is 17.2. The zero-order valence-electron chi connectivity index (χ0n) is 17.2. The number of alkyl halides is 6. The molecule has 0 saturated heterocycles. The van der Waals surface area contributed by atoms with E-state index < -0.39 is 35.8 Å². The van der Waals surface area contributed by atoms with Crippen LogP contribution in [0.4, 0.5) is 26.3 Å². The van der Waals surface area contributed by atoms with Crippen molar-refractivity contribution in [2.75, 3.05) is 6.54 Å². The molecule has 1 saturated carbocycles. The second-order valence-electron chi connectivity index (χ2n) is 8.35. The molecule has 0 atom stereocenters. The monoisotopic (exact) mass is 458 g/mol. The number of hydrogen-bond acceptors (Lipinski definition) is 2. The summed E-state index contributed by atoms with van der Waals surface area (Å²) in [5.74, 6) is -0.636. The Kier molecular flexibility index (Phi) is 6.88. The third-order valence-corrected chi connectivity index (χ3v) is 6.01. The van der Waals surface area contributed by atoms with E-state index in [4.69, 9.17) is 5.73 Å². The predicted octanol–water partition coefficient (Wildman–Crippen LogP) is 5.22. The number of nitrogens with two attached hydrogens (primary N) is 1. The highest BCUT2D eigenvalue weighted by atomic mass is 19.4. The van der Waals surface area contributed by atoms with E-state index >= 15 is 0 Å². The van der Waals surface area contributed by atoms with E-state index in [0.717, 1.165) is 31.2 Å². The largest absolute Gasteiger partial charge is 0.416 e. The van der Waals surface area contributed by atoms with Crippen molar-refractivity contribution >= 4 is 5.91 Å². The van der Waals surface area contributed by atoms with E-state index in [1.807, 2.05) is 30.3 Å². The van der Waals surface area contributed by atoms with Gasteiger partial charge < -0.3 is 11.1 Å². The van der Waals surface area contributed by atoms with Crippen molar-refractivity contribution in [3.8, 4) is 0 Å². The first-order valence-corrected chi connectivity index (χ1v) is 10.3. The Balaban J connectivity index is 1.77. The molecule has 0 bridgehead atoms. The van der Waals surface area contributed by atoms with Crippen molar-refractivity contribution in [2.45, 2.75) is 55.9 Å². The molecule has 3 nitrogen and oxygen atoms in total. The molecule has 32 heavy (non-hydrogen) atoms. The lowest BCUT2D eigenvalue weighted by Crippen LogP contribution is -2.45. The molecule has 0 aromatic heterocycles. The first-order chi connectivity index (χ1) is 14.9. The Morgan fingerprint density at radius 3 is 1.97 bits per heavy atom. The van der Waals surface area contributed by atoms with Gasteiger partial charge in [0.1, 0.15) is 0 Å². The van der Waals surface area contributed by atoms with Crippen molar-refractivity contribution in [2.24, 2.45) is 5.73 Å². The lowest BCUT2D eigenvalue weighted by Gasteiger charge is -2.40. The second kappa shape index (κ2) is 9.13. The van der Waals surface area contributed by atoms with E-state index in [0.29, 0.717) is 12.1 Å². The average molecular weight is 458 g/mol. The summed E-state index contributed by atoms with van der Waals surface area (Å²) in [7, 11) is 0. The number of benzene rings is 2. The van der Waals surface area contributed by atoms with Crippen molar-refractivity contribution < 1.29 is 31.1 Å². The summed E-state index contributed by atoms with van der Waals surface area (Å²) in [6.45, 7) is 0.230. The SMILES string of the molecule is NC1CCC(CNC(=O)Cc2cc(C(F)(F)F)cc(C(F)(F)F)c2)(c2ccccc2)CC1. The molecule has 3 N–H and O–H groups in total. The molecular formula is C23H24F6N2O. The lowest BCUT2D eigenvalue weighted by molar-refractivity contribution is -0.143. The fourth-order valence-corrected chi connectivity index (χ4v) is 4.19. The van der Waals surface area contributed by atoms with Crippen LogP contribution in [0.3, 0.4) is 0 Å². The number of carbonyl (C=O) groups is 1. The Hall–Kier alpha value is -2.55. The normalized spacial score (nSPS) is 21.9. The molecule has 2 aromatic carbocycles. The number of carbonyl (C=O) groups excluding carboxylic acids is 1. The van der Waals surface area contributed by atoms with Gasteiger partial charge in [-0.1, -0.05) is 30.3 Å². The summed E-state index contributed by atoms with van der Waals surface area (Å²) in [5.41, 5.74) is 3.45. The minimum absolute atomic E-state index is 0.0526. The van der Waals surface area contributed by atoms with Crippen LogP contribution >= 0.6 is 0 Å². The molecular weight excluding hydrogens is 434 g/mol. The van der Waals surface area contributed by atoms with Crippen LogP contribution in [0.5, 0.6) is 0 Å². The van der Waals surface area contributed by atoms with Gasteiger partial charge in [-0.2, -0.15) is 26.3 Å². The van der Waals surface area contributed by atoms with Crippen LogP contribution in [0.2, 0.25) is 0 Å². The Bertz CT molecular complexity index is 899. The summed E-state index contributed by atoms with van der Waals surface area (Å²) in [6.07, 6.45) is -7.53. The molecule has 1 aliphatic carbocycles. The number of hydrogen-bond donors (Lipinski definition) is 2. The van der Waals surface area contributed by atoms with Gasteiger partial charge in [-0.25, -0.2) is 0 Å². The second-order valence-corrected chi connectivity index (χ2v) is 8.35. The van der Waals surface area contributed by atoms with E-state index in [-0.39, 0.29) is 29.6 Å². The van der Waals surface area contributed by atoms with Gasteiger partial charge in [0.2, 0.25) is 5.91 Å². The van der Waals surface area contributed by atoms with Crippen molar-refractivity contribution in [1.82, 2.24) is 5.32 Å². The summed E-state index contributed by atoms with van der Waals surface area (Å²) in [4.78, 5) is 12.5. The van der Waals surface area contributed by atoms with Gasteiger partial charge >= 0.3 is 12.4 Å². The fourth-order valence-electron chi connectivity index (χ4n) is 4.19. The molecule has 1 aliphatic rings. The zero-order chi connectivity index (χ0) is 23.6. The molecule has 0 aliphatic heterocycles. The molecule has 0 spiro atoms. The number of amides is 1. The molecule has 0 unspecified atom stereocenters. The van der Waals surface area contributed by atoms with Gasteiger partial charge in [0.25, 0.3) is 0 Å². The van der Waals surface area contributed by atoms with Crippen LogP contribution in [-0.4, -0.2) is 18.5 Å². The third-order valence-electron chi connectivity index (χ3n) is 6.01. The Morgan fingerprint density at radius 1 is 0.938 bits per heavy atom. The molecule has 0 heterocycles. The summed E-state index contributed by atoms with van der Waals surface area (Å²) < 4.78 is 78.3. The molecule has 2 aromatic rings. The maximum Gasteiger partial charge on any atom is 0.416 e. The van der Waals surface area contributed by atoms with Gasteiger partial charge in [0, 0.05) is 18.0 Å². The van der Waals surface area contributed by atoms with Gasteiger partial charge in [-0.05, 0) is 55.0 Å². The standard InChI is InChI=1S/C23H24F6N2O/c24-22(25,26)17-10-15(11-18(13-17)23(27,28)29)12-20(32)31-14-21(8-6-19(30)7-9-21)16-4-2-1-3-5-16/h1-5,10-11,13,19H,6-9,12,14,30H2,(H,31,32). The van der Waals surface area contributed by atoms with Gasteiger partial charge in [-0.15, -0.1) is 0 Å². The highest BCUT2D eigenvalue weighted by molar-refractivity contribution is 5.78. The van der Waals surface area contributed by atoms with Gasteiger partial charge in [0.15, 0.2) is 0 Å². The van der Waals surface area contributed by atoms with Crippen LogP contribution in [0.15, 0.2) is 48.5 Å². The molecule has 174 valence electrons. The average Bonchev–Trinajstić information content (AvgIpc) is 2.73. The maximum atomic E-state index is 13.1. The highest BCUT2D eigenvalue weighted by Crippen LogP contribution is 2.39. The number of nitrogens with one attached hydrogen (secondary N) is 1. The van der Waals surface area contributed by atoms with E-state index in [2.05, 4.69) is 5.32 Å². The van der Waals surface area contributed by atoms with Crippen molar-refractivity contribution in [3.05, 3.63) is 70.8 Å². The van der Waals surface area contributed by atoms with Gasteiger partial charge in [-0.3, -0.25) is 4.79 Å². The smallest absolute Gasteiger partial charge is 0.355 e. The highest BCUT2D eigenvalue weighted by Gasteiger charge is 2.38. The minimum atomic E-state index is -4.95. The minimum Gasteiger partial charge on any atom is -0.355 e. The molecule has 0 radical (unpaired) electrons. The third kappa shape index (κ3) is 5.82. The maximum absolute atomic E-state index is 13.1. The topological polar surface area (TPSA) is 55.1 Å². The van der Waals surface area contributed by atoms with E-state index in [1.165, 1.54) is 0 Å². The Morgan fingerprint density at radius 2 is 1.47 bits per heavy atom. The summed E-state index contributed by atoms with van der Waals surface area (Å²) >= 11 is 0. The van der Waals surface area contributed by atoms with Crippen molar-refractivity contribution in [1.29, 1.82) is 0 Å². The predicted molar refractivity (Wildman–Crippen MR) is 108 cm³/mol. The van der Waals surface area contributed by atoms with Crippen LogP contribution in [0, 0.1) is 0 Å². The first-order valence-electron chi connectivity index (χ1n) is 10.3.